The Labute approximate surface area is 477 Å². The SMILES string of the molecule is C.C=C1N(C(C)(C)C)C(c2ccc(Cl)cc2)C12CCNCC2.CC(C)(C)c1ccccc1.Cc1ccc(C(C)(C)C)cc1.Cc1ccc(C(C)(C)C)cc1.Cc1ccc(C(C)(C)C)cc1.Cc1ccc(C(C)(C)C)cc1F. The fraction of sp³-hybridized carbons (Fsp3) is 0.479. The Bertz CT molecular complexity index is 2520. The van der Waals surface area contributed by atoms with Crippen LogP contribution in [0.5, 0.6) is 0 Å². The largest absolute Gasteiger partial charge is 0.362 e. The van der Waals surface area contributed by atoms with Crippen LogP contribution in [0, 0.1) is 38.9 Å². The van der Waals surface area contributed by atoms with Crippen molar-refractivity contribution >= 4 is 11.6 Å². The summed E-state index contributed by atoms with van der Waals surface area (Å²) in [6.07, 6.45) is 2.34. The Morgan fingerprint density at radius 1 is 0.468 bits per heavy atom. The van der Waals surface area contributed by atoms with Gasteiger partial charge < -0.3 is 10.2 Å². The molecule has 0 saturated carbocycles. The van der Waals surface area contributed by atoms with Crippen LogP contribution in [0.1, 0.15) is 207 Å². The molecule has 6 aromatic carbocycles. The molecular weight excluding hydrogens is 959 g/mol. The van der Waals surface area contributed by atoms with E-state index in [1.807, 2.05) is 24.3 Å². The summed E-state index contributed by atoms with van der Waals surface area (Å²) < 4.78 is 13.1. The fourth-order valence-corrected chi connectivity index (χ4v) is 9.36. The van der Waals surface area contributed by atoms with Crippen molar-refractivity contribution in [2.75, 3.05) is 13.1 Å². The van der Waals surface area contributed by atoms with Crippen molar-refractivity contribution in [1.29, 1.82) is 0 Å². The van der Waals surface area contributed by atoms with Crippen LogP contribution in [0.3, 0.4) is 0 Å². The first kappa shape index (κ1) is 68.1. The number of likely N-dealkylation sites (tertiary alicyclic amines) is 1. The fourth-order valence-electron chi connectivity index (χ4n) is 9.23. The van der Waals surface area contributed by atoms with E-state index in [4.69, 9.17) is 11.6 Å². The topological polar surface area (TPSA) is 15.3 Å². The van der Waals surface area contributed by atoms with E-state index in [-0.39, 0.29) is 45.9 Å². The molecule has 0 aromatic heterocycles. The lowest BCUT2D eigenvalue weighted by Gasteiger charge is -2.66. The lowest BCUT2D eigenvalue weighted by Crippen LogP contribution is -2.64. The molecule has 77 heavy (non-hydrogen) atoms. The Morgan fingerprint density at radius 2 is 0.792 bits per heavy atom. The minimum absolute atomic E-state index is 0. The summed E-state index contributed by atoms with van der Waals surface area (Å²) in [6, 6.07) is 51.0. The monoisotopic (exact) mass is 1060 g/mol. The van der Waals surface area contributed by atoms with E-state index < -0.39 is 0 Å². The van der Waals surface area contributed by atoms with E-state index in [9.17, 15) is 4.39 Å². The molecule has 2 heterocycles. The zero-order valence-corrected chi connectivity index (χ0v) is 52.4. The van der Waals surface area contributed by atoms with Crippen LogP contribution in [-0.2, 0) is 27.1 Å². The summed E-state index contributed by atoms with van der Waals surface area (Å²) >= 11 is 6.07. The highest BCUT2D eigenvalue weighted by Gasteiger charge is 2.58. The number of halogens is 2. The number of piperidine rings is 1. The Morgan fingerprint density at radius 3 is 1.09 bits per heavy atom. The van der Waals surface area contributed by atoms with E-state index in [0.29, 0.717) is 17.0 Å². The number of nitrogens with zero attached hydrogens (tertiary/aromatic N) is 1. The second-order valence-corrected chi connectivity index (χ2v) is 28.0. The predicted octanol–water partition coefficient (Wildman–Crippen LogP) is 21.3. The minimum atomic E-state index is -0.109. The molecular formula is C73H106ClFN2. The van der Waals surface area contributed by atoms with Gasteiger partial charge in [-0.15, -0.1) is 0 Å². The van der Waals surface area contributed by atoms with Crippen LogP contribution in [0.15, 0.2) is 158 Å². The lowest BCUT2D eigenvalue weighted by molar-refractivity contribution is -0.0836. The molecule has 0 aliphatic carbocycles. The highest BCUT2D eigenvalue weighted by Crippen LogP contribution is 2.63. The molecule has 2 nitrogen and oxygen atoms in total. The van der Waals surface area contributed by atoms with Gasteiger partial charge in [-0.1, -0.05) is 274 Å². The molecule has 2 saturated heterocycles. The first-order valence-electron chi connectivity index (χ1n) is 27.9. The van der Waals surface area contributed by atoms with Crippen molar-refractivity contribution in [3.63, 3.8) is 0 Å². The molecule has 1 atom stereocenters. The summed E-state index contributed by atoms with van der Waals surface area (Å²) in [4.78, 5) is 2.50. The molecule has 4 heteroatoms. The molecule has 1 unspecified atom stereocenters. The van der Waals surface area contributed by atoms with Gasteiger partial charge in [-0.05, 0) is 159 Å². The predicted molar refractivity (Wildman–Crippen MR) is 341 cm³/mol. The van der Waals surface area contributed by atoms with E-state index >= 15 is 0 Å². The highest BCUT2D eigenvalue weighted by molar-refractivity contribution is 6.30. The second-order valence-electron chi connectivity index (χ2n) is 27.5. The van der Waals surface area contributed by atoms with Crippen molar-refractivity contribution < 1.29 is 4.39 Å². The maximum Gasteiger partial charge on any atom is 0.126 e. The van der Waals surface area contributed by atoms with E-state index in [0.717, 1.165) is 23.7 Å². The second kappa shape index (κ2) is 28.3. The average molecular weight is 1070 g/mol. The normalized spacial score (nSPS) is 15.1. The van der Waals surface area contributed by atoms with Crippen molar-refractivity contribution in [3.05, 3.63) is 224 Å². The number of hydrogen-bond acceptors (Lipinski definition) is 2. The van der Waals surface area contributed by atoms with Crippen LogP contribution in [-0.4, -0.2) is 23.5 Å². The summed E-state index contributed by atoms with van der Waals surface area (Å²) in [6.45, 7) is 54.6. The van der Waals surface area contributed by atoms with Gasteiger partial charge in [0.25, 0.3) is 0 Å². The molecule has 422 valence electrons. The maximum absolute atomic E-state index is 13.1. The zero-order chi connectivity index (χ0) is 57.7. The van der Waals surface area contributed by atoms with Crippen molar-refractivity contribution in [1.82, 2.24) is 10.2 Å². The van der Waals surface area contributed by atoms with Gasteiger partial charge in [0.2, 0.25) is 0 Å². The molecule has 2 aliphatic rings. The van der Waals surface area contributed by atoms with Gasteiger partial charge in [0, 0.05) is 21.7 Å². The number of benzene rings is 6. The molecule has 0 bridgehead atoms. The van der Waals surface area contributed by atoms with Crippen LogP contribution in [0.25, 0.3) is 0 Å². The average Bonchev–Trinajstić information content (AvgIpc) is 3.32. The summed E-state index contributed by atoms with van der Waals surface area (Å²) in [5.74, 6) is -0.109. The van der Waals surface area contributed by atoms with Crippen LogP contribution < -0.4 is 5.32 Å². The first-order chi connectivity index (χ1) is 34.9. The molecule has 0 radical (unpaired) electrons. The van der Waals surface area contributed by atoms with Gasteiger partial charge in [0.1, 0.15) is 5.82 Å². The Hall–Kier alpha value is -4.96. The molecule has 6 aromatic rings. The van der Waals surface area contributed by atoms with Gasteiger partial charge in [-0.25, -0.2) is 4.39 Å². The number of rotatable bonds is 1. The molecule has 0 amide bonds. The van der Waals surface area contributed by atoms with Gasteiger partial charge in [-0.2, -0.15) is 0 Å². The number of aryl methyl sites for hydroxylation is 4. The summed E-state index contributed by atoms with van der Waals surface area (Å²) in [5, 5.41) is 4.29. The van der Waals surface area contributed by atoms with Crippen molar-refractivity contribution in [3.8, 4) is 0 Å². The molecule has 1 spiro atoms. The van der Waals surface area contributed by atoms with Gasteiger partial charge in [0.15, 0.2) is 0 Å². The van der Waals surface area contributed by atoms with Crippen LogP contribution in [0.2, 0.25) is 5.02 Å². The standard InChI is InChI=1S/C18H25ClN2.C11H15F.3C11H16.C10H14.CH4/c1-13-18(9-11-20-12-10-18)16(21(13)17(2,3)4)14-5-7-15(19)8-6-14;1-8-5-6-9(7-10(8)12)11(2,3)4;3*1-9-5-7-10(8-6-9)11(2,3)4;1-10(2,3)9-7-5-4-6-8-9;/h5-8,16,20H,1,9-12H2,2-4H3;5-7H,1-4H3;3*5-8H,1-4H3;4-8H,1-3H3;1H4. The zero-order valence-electron chi connectivity index (χ0n) is 51.7. The van der Waals surface area contributed by atoms with Gasteiger partial charge >= 0.3 is 0 Å². The molecule has 2 fully saturated rings. The van der Waals surface area contributed by atoms with Crippen molar-refractivity contribution in [2.24, 2.45) is 5.41 Å². The Balaban J connectivity index is 0.000000324. The van der Waals surface area contributed by atoms with E-state index in [1.165, 1.54) is 63.0 Å². The minimum Gasteiger partial charge on any atom is -0.362 e. The summed E-state index contributed by atoms with van der Waals surface area (Å²) in [5.41, 5.74) is 15.6. The first-order valence-corrected chi connectivity index (χ1v) is 28.2. The quantitative estimate of drug-likeness (QED) is 0.177. The Kier molecular flexibility index (Phi) is 25.0. The number of nitrogens with one attached hydrogen (secondary N) is 1. The smallest absolute Gasteiger partial charge is 0.126 e. The van der Waals surface area contributed by atoms with E-state index in [1.54, 1.807) is 13.0 Å². The van der Waals surface area contributed by atoms with Crippen LogP contribution in [0.4, 0.5) is 4.39 Å². The van der Waals surface area contributed by atoms with Crippen molar-refractivity contribution in [2.45, 2.75) is 211 Å². The van der Waals surface area contributed by atoms with Crippen LogP contribution >= 0.6 is 11.6 Å². The maximum atomic E-state index is 13.1. The third kappa shape index (κ3) is 21.3. The van der Waals surface area contributed by atoms with Gasteiger partial charge in [0.05, 0.1) is 6.04 Å². The summed E-state index contributed by atoms with van der Waals surface area (Å²) in [7, 11) is 0. The molecule has 8 rings (SSSR count). The van der Waals surface area contributed by atoms with Gasteiger partial charge in [-0.3, -0.25) is 0 Å². The number of hydrogen-bond donors (Lipinski definition) is 1. The third-order valence-electron chi connectivity index (χ3n) is 14.5. The third-order valence-corrected chi connectivity index (χ3v) is 14.7. The molecule has 2 aliphatic heterocycles. The highest BCUT2D eigenvalue weighted by atomic mass is 35.5. The van der Waals surface area contributed by atoms with E-state index in [2.05, 4.69) is 277 Å². The molecule has 1 N–H and O–H groups in total. The lowest BCUT2D eigenvalue weighted by atomic mass is 9.59.